The highest BCUT2D eigenvalue weighted by atomic mass is 16.4. The Labute approximate surface area is 865 Å². The quantitative estimate of drug-likeness (QED) is 0.0762. The van der Waals surface area contributed by atoms with E-state index in [4.69, 9.17) is 22.1 Å². The highest BCUT2D eigenvalue weighted by molar-refractivity contribution is 6.08. The van der Waals surface area contributed by atoms with Gasteiger partial charge in [0.1, 0.15) is 84.0 Å². The van der Waals surface area contributed by atoms with Crippen LogP contribution in [0.25, 0.3) is 54.8 Å². The third-order valence-corrected chi connectivity index (χ3v) is 32.8. The van der Waals surface area contributed by atoms with Crippen LogP contribution >= 0.6 is 0 Å². The number of nitrogens with zero attached hydrogens (tertiary/aromatic N) is 6. The minimum absolute atomic E-state index is 0.0298. The van der Waals surface area contributed by atoms with Crippen molar-refractivity contribution in [3.63, 3.8) is 0 Å². The summed E-state index contributed by atoms with van der Waals surface area (Å²) in [4.78, 5) is 216. The smallest absolute Gasteiger partial charge is 0.349 e. The molecule has 150 heavy (non-hydrogen) atoms. The van der Waals surface area contributed by atoms with E-state index in [1.165, 1.54) is 4.90 Å². The van der Waals surface area contributed by atoms with Crippen LogP contribution in [0.2, 0.25) is 0 Å². The molecule has 15 aliphatic rings. The predicted molar refractivity (Wildman–Crippen MR) is 560 cm³/mol. The first-order valence-corrected chi connectivity index (χ1v) is 53.9. The number of para-hydroxylation sites is 5. The summed E-state index contributed by atoms with van der Waals surface area (Å²) in [5.74, 6) is -2.03. The Kier molecular flexibility index (Phi) is 29.5. The molecule has 32 heteroatoms. The second-order valence-corrected chi connectivity index (χ2v) is 42.6. The molecule has 5 aromatic carbocycles. The van der Waals surface area contributed by atoms with Crippen LogP contribution < -0.4 is 54.7 Å². The first-order chi connectivity index (χ1) is 72.7. The predicted octanol–water partition coefficient (Wildman–Crippen LogP) is 19.0. The number of hydrogen-bond acceptors (Lipinski definition) is 21. The Bertz CT molecular complexity index is 6600. The van der Waals surface area contributed by atoms with Crippen molar-refractivity contribution in [3.8, 4) is 0 Å². The first-order valence-electron chi connectivity index (χ1n) is 53.9. The van der Waals surface area contributed by atoms with Crippen molar-refractivity contribution in [2.24, 2.45) is 0 Å². The molecule has 25 rings (SSSR count). The fourth-order valence-corrected chi connectivity index (χ4v) is 25.6. The van der Waals surface area contributed by atoms with Crippen molar-refractivity contribution in [1.82, 2.24) is 56.0 Å². The van der Waals surface area contributed by atoms with Gasteiger partial charge in [-0.15, -0.1) is 0 Å². The van der Waals surface area contributed by atoms with E-state index in [2.05, 4.69) is 26.6 Å². The van der Waals surface area contributed by atoms with Crippen molar-refractivity contribution < 1.29 is 74.8 Å². The molecule has 10 heterocycles. The van der Waals surface area contributed by atoms with E-state index >= 15 is 0 Å². The van der Waals surface area contributed by atoms with Gasteiger partial charge in [0.15, 0.2) is 0 Å². The van der Waals surface area contributed by atoms with E-state index < -0.39 is 56.4 Å². The number of allylic oxidation sites excluding steroid dienone is 5. The highest BCUT2D eigenvalue weighted by Gasteiger charge is 2.56. The van der Waals surface area contributed by atoms with Crippen molar-refractivity contribution in [1.29, 1.82) is 0 Å². The number of fused-ring (bicyclic) bond motifs is 5. The third kappa shape index (κ3) is 19.8. The Hall–Kier alpha value is -15.0. The molecule has 5 aliphatic heterocycles. The molecule has 5 aromatic heterocycles. The number of nitrogens with one attached hydrogen (secondary N) is 5. The lowest BCUT2D eigenvalue weighted by molar-refractivity contribution is -0.125. The maximum absolute atomic E-state index is 13.8. The number of benzene rings is 5. The van der Waals surface area contributed by atoms with Crippen LogP contribution in [0.1, 0.15) is 341 Å². The summed E-state index contributed by atoms with van der Waals surface area (Å²) in [7, 11) is 3.38. The zero-order valence-electron chi connectivity index (χ0n) is 85.1. The molecule has 11 amide bonds. The zero-order valence-corrected chi connectivity index (χ0v) is 85.1. The molecule has 0 bridgehead atoms. The molecule has 10 aromatic rings. The van der Waals surface area contributed by atoms with E-state index in [0.717, 1.165) is 195 Å². The maximum Gasteiger partial charge on any atom is 0.349 e. The van der Waals surface area contributed by atoms with Gasteiger partial charge in [-0.2, -0.15) is 0 Å². The second kappa shape index (κ2) is 43.3. The van der Waals surface area contributed by atoms with Crippen LogP contribution in [0.5, 0.6) is 0 Å². The average Bonchev–Trinajstić information content (AvgIpc) is 0.746. The topological polar surface area (TPSA) is 418 Å². The molecule has 5 fully saturated rings. The van der Waals surface area contributed by atoms with Gasteiger partial charge in [0.05, 0.1) is 0 Å². The van der Waals surface area contributed by atoms with Gasteiger partial charge in [0.2, 0.25) is 6.41 Å². The molecular weight excluding hydrogens is 1910 g/mol. The van der Waals surface area contributed by atoms with Crippen LogP contribution in [-0.2, 0) is 28.8 Å². The lowest BCUT2D eigenvalue weighted by atomic mass is 9.81. The zero-order chi connectivity index (χ0) is 104. The number of rotatable bonds is 6. The van der Waals surface area contributed by atoms with Gasteiger partial charge in [-0.1, -0.05) is 123 Å². The summed E-state index contributed by atoms with van der Waals surface area (Å²) in [6.07, 6.45) is 39.0. The van der Waals surface area contributed by atoms with Crippen LogP contribution in [0.3, 0.4) is 0 Å². The van der Waals surface area contributed by atoms with Gasteiger partial charge in [0, 0.05) is 97.4 Å². The Balaban J connectivity index is 0.000000112. The summed E-state index contributed by atoms with van der Waals surface area (Å²) in [5, 5.41) is 19.4. The van der Waals surface area contributed by atoms with Gasteiger partial charge >= 0.3 is 28.1 Å². The molecule has 5 N–H and O–H groups in total. The fourth-order valence-electron chi connectivity index (χ4n) is 25.6. The highest BCUT2D eigenvalue weighted by Crippen LogP contribution is 2.50. The largest absolute Gasteiger partial charge is 0.422 e. The lowest BCUT2D eigenvalue weighted by Gasteiger charge is -2.51. The first kappa shape index (κ1) is 102. The summed E-state index contributed by atoms with van der Waals surface area (Å²) < 4.78 is 27.2. The standard InChI is InChI=1S/5C23H24N2O4.C3H7NO/c5*26-20-16-9-3-4-10-18(16)25(23(24-20)12-6-1-7-13-23)21(27)17-14-15-8-2-5-11-19(15)29-22(17)28;1-4(2)3-5/h5*2,5,8,11,14H,1,3-4,6-7,9-10,12-13H2,(H,24,26);3H,1-2H3. The minimum Gasteiger partial charge on any atom is -0.422 e. The Morgan fingerprint density at radius 1 is 0.240 bits per heavy atom. The van der Waals surface area contributed by atoms with E-state index in [1.54, 1.807) is 130 Å². The lowest BCUT2D eigenvalue weighted by Crippen LogP contribution is -2.66. The molecule has 5 saturated carbocycles. The van der Waals surface area contributed by atoms with Crippen molar-refractivity contribution >= 4 is 120 Å². The summed E-state index contributed by atoms with van der Waals surface area (Å²) in [6.45, 7) is 0. The minimum atomic E-state index is -0.735. The van der Waals surface area contributed by atoms with E-state index in [-0.39, 0.29) is 86.9 Å². The van der Waals surface area contributed by atoms with Crippen LogP contribution in [0.15, 0.2) is 254 Å². The number of carbonyl (C=O) groups excluding carboxylic acids is 11. The molecule has 5 spiro atoms. The van der Waals surface area contributed by atoms with Gasteiger partial charge in [0.25, 0.3) is 59.1 Å². The van der Waals surface area contributed by atoms with Gasteiger partial charge in [-0.25, -0.2) is 24.0 Å². The number of amides is 11. The molecule has 780 valence electrons. The molecule has 0 unspecified atom stereocenters. The van der Waals surface area contributed by atoms with Crippen LogP contribution in [-0.4, -0.2) is 137 Å². The fraction of sp³-hybridized carbons (Fsp3) is 0.441. The normalized spacial score (nSPS) is 20.8. The van der Waals surface area contributed by atoms with Gasteiger partial charge < -0.3 is 53.6 Å². The van der Waals surface area contributed by atoms with E-state index in [1.807, 2.05) is 60.7 Å². The van der Waals surface area contributed by atoms with Crippen molar-refractivity contribution in [2.75, 3.05) is 14.1 Å². The third-order valence-electron chi connectivity index (χ3n) is 32.8. The summed E-state index contributed by atoms with van der Waals surface area (Å²) >= 11 is 0. The molecule has 0 radical (unpaired) electrons. The molecule has 0 atom stereocenters. The van der Waals surface area contributed by atoms with E-state index in [9.17, 15) is 76.7 Å². The number of hydrogen-bond donors (Lipinski definition) is 5. The van der Waals surface area contributed by atoms with Crippen molar-refractivity contribution in [2.45, 2.75) is 317 Å². The van der Waals surface area contributed by atoms with Gasteiger partial charge in [-0.3, -0.25) is 77.2 Å². The maximum atomic E-state index is 13.8. The summed E-state index contributed by atoms with van der Waals surface area (Å²) in [5.41, 5.74) is 3.17. The molecule has 32 nitrogen and oxygen atoms in total. The average molecular weight is 2040 g/mol. The Morgan fingerprint density at radius 3 is 0.553 bits per heavy atom. The van der Waals surface area contributed by atoms with Crippen LogP contribution in [0, 0.1) is 0 Å². The molecule has 10 aliphatic carbocycles. The Morgan fingerprint density at radius 2 is 0.393 bits per heavy atom. The monoisotopic (exact) mass is 2030 g/mol. The van der Waals surface area contributed by atoms with Gasteiger partial charge in [-0.05, 0) is 317 Å². The number of carbonyl (C=O) groups is 11. The molecule has 0 saturated heterocycles. The molecular formula is C118H127N11O21. The van der Waals surface area contributed by atoms with Crippen LogP contribution in [0.4, 0.5) is 0 Å². The van der Waals surface area contributed by atoms with Crippen molar-refractivity contribution in [3.05, 3.63) is 288 Å². The second-order valence-electron chi connectivity index (χ2n) is 42.6. The summed E-state index contributed by atoms with van der Waals surface area (Å²) in [6, 6.07) is 44.1. The van der Waals surface area contributed by atoms with E-state index in [0.29, 0.717) is 211 Å². The SMILES string of the molecule is CN(C)C=O.O=C1NC2(CCCCC2)N(C(=O)c2cc3ccccc3oc2=O)C2=C1CCCC2.O=C1NC2(CCCCC2)N(C(=O)c2cc3ccccc3oc2=O)C2=C1CCCC2.O=C1NC2(CCCCC2)N(C(=O)c2cc3ccccc3oc2=O)C2=C1CCCC2.O=C1NC2(CCCCC2)N(C(=O)c2cc3ccccc3oc2=O)C2=C1CCCC2.O=C1NC2(CCCCC2)N(C(=O)c2cc3ccccc3oc2=O)C2=C1CCCC2.